The molecule has 2 fully saturated rings. The molecule has 0 saturated heterocycles. The Bertz CT molecular complexity index is 805. The molecule has 2 saturated carbocycles. The van der Waals surface area contributed by atoms with Crippen molar-refractivity contribution in [3.8, 4) is 0 Å². The number of fused-ring (bicyclic) bond motifs is 5. The molecule has 0 aromatic heterocycles. The van der Waals surface area contributed by atoms with Gasteiger partial charge in [0.2, 0.25) is 0 Å². The van der Waals surface area contributed by atoms with E-state index in [-0.39, 0.29) is 24.5 Å². The van der Waals surface area contributed by atoms with Gasteiger partial charge in [0.25, 0.3) is 0 Å². The van der Waals surface area contributed by atoms with Gasteiger partial charge in [-0.2, -0.15) is 0 Å². The minimum absolute atomic E-state index is 0.0676. The third-order valence-corrected chi connectivity index (χ3v) is 8.75. The van der Waals surface area contributed by atoms with E-state index in [4.69, 9.17) is 0 Å². The highest BCUT2D eigenvalue weighted by Crippen LogP contribution is 2.70. The van der Waals surface area contributed by atoms with Gasteiger partial charge in [-0.25, -0.2) is 4.39 Å². The van der Waals surface area contributed by atoms with E-state index in [1.807, 2.05) is 6.08 Å². The first-order valence-corrected chi connectivity index (χ1v) is 10.1. The summed E-state index contributed by atoms with van der Waals surface area (Å²) in [5, 5.41) is 32.0. The normalized spacial score (nSPS) is 52.5. The lowest BCUT2D eigenvalue weighted by Gasteiger charge is -2.62. The van der Waals surface area contributed by atoms with Gasteiger partial charge in [0, 0.05) is 23.2 Å². The topological polar surface area (TPSA) is 94.8 Å². The van der Waals surface area contributed by atoms with Gasteiger partial charge in [-0.05, 0) is 44.1 Å². The van der Waals surface area contributed by atoms with Crippen molar-refractivity contribution < 1.29 is 29.3 Å². The Hall–Kier alpha value is -1.37. The zero-order valence-electron chi connectivity index (χ0n) is 16.6. The number of aliphatic hydroxyl groups excluding tert-OH is 2. The van der Waals surface area contributed by atoms with Crippen LogP contribution in [-0.2, 0) is 9.59 Å². The summed E-state index contributed by atoms with van der Waals surface area (Å²) in [5.41, 5.74) is -5.18. The number of allylic oxidation sites excluding steroid dienone is 4. The summed E-state index contributed by atoms with van der Waals surface area (Å²) in [6.07, 6.45) is 4.41. The van der Waals surface area contributed by atoms with E-state index in [9.17, 15) is 24.9 Å². The lowest BCUT2D eigenvalue weighted by atomic mass is 9.45. The largest absolute Gasteiger partial charge is 0.390 e. The maximum atomic E-state index is 16.9. The summed E-state index contributed by atoms with van der Waals surface area (Å²) >= 11 is 0. The van der Waals surface area contributed by atoms with Crippen LogP contribution in [0.15, 0.2) is 23.8 Å². The lowest BCUT2D eigenvalue weighted by Crippen LogP contribution is -2.69. The second-order valence-corrected chi connectivity index (χ2v) is 9.75. The minimum Gasteiger partial charge on any atom is -0.390 e. The van der Waals surface area contributed by atoms with E-state index in [0.29, 0.717) is 18.4 Å². The van der Waals surface area contributed by atoms with Crippen LogP contribution in [0.5, 0.6) is 0 Å². The number of Topliss-reactive ketones (excluding diaryl/α,β-unsaturated/α-hetero) is 1. The summed E-state index contributed by atoms with van der Waals surface area (Å²) in [4.78, 5) is 24.4. The van der Waals surface area contributed by atoms with Crippen molar-refractivity contribution in [2.24, 2.45) is 28.6 Å². The van der Waals surface area contributed by atoms with Crippen LogP contribution in [-0.4, -0.2) is 50.9 Å². The maximum absolute atomic E-state index is 16.9. The van der Waals surface area contributed by atoms with Gasteiger partial charge < -0.3 is 15.3 Å². The van der Waals surface area contributed by atoms with Crippen LogP contribution in [0.4, 0.5) is 4.39 Å². The van der Waals surface area contributed by atoms with Crippen LogP contribution in [0, 0.1) is 28.6 Å². The number of carbonyl (C=O) groups excluding carboxylic acids is 2. The standard InChI is InChI=1S/C22H29FO5/c1-12-8-16-15-5-4-13-9-14(25)6-7-19(13,2)21(15,23)17(26)10-20(16,3)22(12,28)18(27)11-24/h4,6-7,12,15-17,24,26,28H,5,8-11H2,1-3H3/t12-,15?,16?,17?,19?,20?,21?,22?/m0/s1. The average molecular weight is 392 g/mol. The van der Waals surface area contributed by atoms with Gasteiger partial charge in [-0.3, -0.25) is 9.59 Å². The predicted octanol–water partition coefficient (Wildman–Crippen LogP) is 1.90. The third-order valence-electron chi connectivity index (χ3n) is 8.75. The van der Waals surface area contributed by atoms with Crippen LogP contribution in [0.2, 0.25) is 0 Å². The Kier molecular flexibility index (Phi) is 4.15. The van der Waals surface area contributed by atoms with Gasteiger partial charge in [0.15, 0.2) is 17.2 Å². The molecule has 7 unspecified atom stereocenters. The minimum atomic E-state index is -1.98. The average Bonchev–Trinajstić information content (AvgIpc) is 2.84. The highest BCUT2D eigenvalue weighted by Gasteiger charge is 2.75. The predicted molar refractivity (Wildman–Crippen MR) is 99.9 cm³/mol. The van der Waals surface area contributed by atoms with E-state index >= 15 is 4.39 Å². The number of hydrogen-bond acceptors (Lipinski definition) is 5. The number of alkyl halides is 1. The summed E-state index contributed by atoms with van der Waals surface area (Å²) < 4.78 is 16.9. The fourth-order valence-corrected chi connectivity index (χ4v) is 7.17. The molecular weight excluding hydrogens is 363 g/mol. The Morgan fingerprint density at radius 1 is 1.32 bits per heavy atom. The van der Waals surface area contributed by atoms with E-state index in [2.05, 4.69) is 0 Å². The number of ketones is 2. The molecule has 3 N–H and O–H groups in total. The zero-order chi connectivity index (χ0) is 20.7. The molecule has 0 heterocycles. The summed E-state index contributed by atoms with van der Waals surface area (Å²) in [5.74, 6) is -2.09. The van der Waals surface area contributed by atoms with Crippen molar-refractivity contribution in [3.05, 3.63) is 23.8 Å². The summed E-state index contributed by atoms with van der Waals surface area (Å²) in [7, 11) is 0. The molecule has 0 aliphatic heterocycles. The third kappa shape index (κ3) is 2.01. The van der Waals surface area contributed by atoms with Crippen molar-refractivity contribution in [2.45, 2.75) is 63.8 Å². The lowest BCUT2D eigenvalue weighted by molar-refractivity contribution is -0.215. The Labute approximate surface area is 164 Å². The number of rotatable bonds is 2. The first-order chi connectivity index (χ1) is 13.0. The van der Waals surface area contributed by atoms with Crippen molar-refractivity contribution in [3.63, 3.8) is 0 Å². The molecule has 5 nitrogen and oxygen atoms in total. The molecule has 0 radical (unpaired) electrons. The zero-order valence-corrected chi connectivity index (χ0v) is 16.6. The highest BCUT2D eigenvalue weighted by atomic mass is 19.1. The van der Waals surface area contributed by atoms with Gasteiger partial charge in [0.1, 0.15) is 12.2 Å². The van der Waals surface area contributed by atoms with E-state index in [1.54, 1.807) is 26.8 Å². The fraction of sp³-hybridized carbons (Fsp3) is 0.727. The quantitative estimate of drug-likeness (QED) is 0.624. The monoisotopic (exact) mass is 392 g/mol. The van der Waals surface area contributed by atoms with Crippen LogP contribution in [0.3, 0.4) is 0 Å². The Morgan fingerprint density at radius 3 is 2.64 bits per heavy atom. The molecule has 0 amide bonds. The smallest absolute Gasteiger partial charge is 0.190 e. The van der Waals surface area contributed by atoms with Gasteiger partial charge in [0.05, 0.1) is 6.10 Å². The molecule has 4 aliphatic carbocycles. The molecular formula is C22H29FO5. The molecule has 4 aliphatic rings. The van der Waals surface area contributed by atoms with Gasteiger partial charge in [-0.15, -0.1) is 0 Å². The van der Waals surface area contributed by atoms with Crippen LogP contribution in [0.1, 0.15) is 46.5 Å². The highest BCUT2D eigenvalue weighted by molar-refractivity contribution is 5.93. The van der Waals surface area contributed by atoms with E-state index < -0.39 is 52.4 Å². The van der Waals surface area contributed by atoms with Gasteiger partial charge in [-0.1, -0.05) is 31.6 Å². The second kappa shape index (κ2) is 5.83. The fourth-order valence-electron chi connectivity index (χ4n) is 7.17. The Morgan fingerprint density at radius 2 is 2.00 bits per heavy atom. The van der Waals surface area contributed by atoms with Crippen LogP contribution in [0.25, 0.3) is 0 Å². The Balaban J connectivity index is 1.85. The maximum Gasteiger partial charge on any atom is 0.190 e. The van der Waals surface area contributed by atoms with Crippen LogP contribution >= 0.6 is 0 Å². The molecule has 8 atom stereocenters. The van der Waals surface area contributed by atoms with Crippen LogP contribution < -0.4 is 0 Å². The summed E-state index contributed by atoms with van der Waals surface area (Å²) in [6.45, 7) is 4.47. The first-order valence-electron chi connectivity index (χ1n) is 10.1. The molecule has 0 aromatic carbocycles. The number of hydrogen-bond donors (Lipinski definition) is 3. The molecule has 0 aromatic rings. The number of aliphatic hydroxyl groups is 3. The molecule has 0 spiro atoms. The molecule has 28 heavy (non-hydrogen) atoms. The van der Waals surface area contributed by atoms with Gasteiger partial charge >= 0.3 is 0 Å². The number of halogens is 1. The first kappa shape index (κ1) is 19.9. The van der Waals surface area contributed by atoms with Crippen molar-refractivity contribution in [1.82, 2.24) is 0 Å². The SMILES string of the molecule is C[C@H]1CC2C3CC=C4CC(=O)C=CC4(C)C3(F)C(O)CC2(C)C1(O)C(=O)CO. The molecule has 4 rings (SSSR count). The van der Waals surface area contributed by atoms with Crippen molar-refractivity contribution >= 4 is 11.6 Å². The summed E-state index contributed by atoms with van der Waals surface area (Å²) in [6, 6.07) is 0. The number of carbonyl (C=O) groups is 2. The van der Waals surface area contributed by atoms with Crippen molar-refractivity contribution in [1.29, 1.82) is 0 Å². The molecule has 0 bridgehead atoms. The molecule has 154 valence electrons. The van der Waals surface area contributed by atoms with Crippen molar-refractivity contribution in [2.75, 3.05) is 6.61 Å². The van der Waals surface area contributed by atoms with E-state index in [1.165, 1.54) is 6.08 Å². The molecule has 6 heteroatoms. The van der Waals surface area contributed by atoms with E-state index in [0.717, 1.165) is 0 Å². The second-order valence-electron chi connectivity index (χ2n) is 9.75.